The number of ketones is 1. The highest BCUT2D eigenvalue weighted by Gasteiger charge is 2.07. The minimum Gasteiger partial charge on any atom is -0.298 e. The molecule has 0 heterocycles. The van der Waals surface area contributed by atoms with Crippen LogP contribution in [0.15, 0.2) is 57.9 Å². The number of Topliss-reactive ketones (excluding diaryl/α,β-unsaturated/α-hetero) is 1. The summed E-state index contributed by atoms with van der Waals surface area (Å²) in [6.07, 6.45) is 0.455. The first kappa shape index (κ1) is 14.6. The van der Waals surface area contributed by atoms with Crippen LogP contribution in [0.2, 0.25) is 5.02 Å². The van der Waals surface area contributed by atoms with Crippen LogP contribution in [0.25, 0.3) is 0 Å². The third kappa shape index (κ3) is 4.68. The van der Waals surface area contributed by atoms with Gasteiger partial charge in [0.15, 0.2) is 0 Å². The lowest BCUT2D eigenvalue weighted by atomic mass is 10.1. The van der Waals surface area contributed by atoms with Crippen LogP contribution in [0, 0.1) is 0 Å². The van der Waals surface area contributed by atoms with Crippen molar-refractivity contribution in [2.45, 2.75) is 11.3 Å². The van der Waals surface area contributed by atoms with Gasteiger partial charge in [0.1, 0.15) is 5.78 Å². The van der Waals surface area contributed by atoms with Gasteiger partial charge in [-0.05, 0) is 29.8 Å². The van der Waals surface area contributed by atoms with E-state index in [1.807, 2.05) is 48.5 Å². The molecule has 0 radical (unpaired) electrons. The summed E-state index contributed by atoms with van der Waals surface area (Å²) in [7, 11) is 0. The second-order valence-electron chi connectivity index (χ2n) is 4.06. The van der Waals surface area contributed by atoms with Crippen LogP contribution in [-0.4, -0.2) is 11.5 Å². The first-order valence-electron chi connectivity index (χ1n) is 5.78. The van der Waals surface area contributed by atoms with E-state index in [4.69, 9.17) is 11.6 Å². The van der Waals surface area contributed by atoms with E-state index in [2.05, 4.69) is 15.9 Å². The van der Waals surface area contributed by atoms with Crippen molar-refractivity contribution in [3.63, 3.8) is 0 Å². The van der Waals surface area contributed by atoms with Crippen molar-refractivity contribution in [2.75, 3.05) is 5.75 Å². The van der Waals surface area contributed by atoms with E-state index in [0.29, 0.717) is 17.2 Å². The fraction of sp³-hybridized carbons (Fsp3) is 0.133. The maximum absolute atomic E-state index is 11.9. The van der Waals surface area contributed by atoms with E-state index in [1.165, 1.54) is 11.8 Å². The van der Waals surface area contributed by atoms with Gasteiger partial charge >= 0.3 is 0 Å². The SMILES string of the molecule is O=C(CSc1ccccc1Cl)Cc1cccc(Br)c1. The summed E-state index contributed by atoms with van der Waals surface area (Å²) < 4.78 is 0.997. The molecule has 2 aromatic rings. The quantitative estimate of drug-likeness (QED) is 0.702. The van der Waals surface area contributed by atoms with Crippen LogP contribution in [0.1, 0.15) is 5.56 Å². The van der Waals surface area contributed by atoms with Gasteiger partial charge in [-0.25, -0.2) is 0 Å². The standard InChI is InChI=1S/C15H12BrClOS/c16-12-5-3-4-11(8-12)9-13(18)10-19-15-7-2-1-6-14(15)17/h1-8H,9-10H2. The summed E-state index contributed by atoms with van der Waals surface area (Å²) in [4.78, 5) is 12.9. The van der Waals surface area contributed by atoms with E-state index >= 15 is 0 Å². The van der Waals surface area contributed by atoms with Gasteiger partial charge in [-0.1, -0.05) is 51.8 Å². The van der Waals surface area contributed by atoms with Crippen LogP contribution in [0.4, 0.5) is 0 Å². The minimum atomic E-state index is 0.197. The molecule has 0 amide bonds. The normalized spacial score (nSPS) is 10.4. The van der Waals surface area contributed by atoms with Gasteiger partial charge in [0.2, 0.25) is 0 Å². The van der Waals surface area contributed by atoms with Crippen LogP contribution >= 0.6 is 39.3 Å². The van der Waals surface area contributed by atoms with Gasteiger partial charge in [-0.2, -0.15) is 0 Å². The van der Waals surface area contributed by atoms with Crippen LogP contribution in [-0.2, 0) is 11.2 Å². The van der Waals surface area contributed by atoms with Crippen molar-refractivity contribution in [3.8, 4) is 0 Å². The molecule has 1 nitrogen and oxygen atoms in total. The summed E-state index contributed by atoms with van der Waals surface area (Å²) in [5.41, 5.74) is 1.03. The molecule has 19 heavy (non-hydrogen) atoms. The van der Waals surface area contributed by atoms with Crippen molar-refractivity contribution in [3.05, 3.63) is 63.6 Å². The van der Waals surface area contributed by atoms with Crippen molar-refractivity contribution in [1.29, 1.82) is 0 Å². The number of halogens is 2. The summed E-state index contributed by atoms with van der Waals surface area (Å²) >= 11 is 10.9. The number of thioether (sulfide) groups is 1. The van der Waals surface area contributed by atoms with E-state index in [0.717, 1.165) is 14.9 Å². The van der Waals surface area contributed by atoms with Gasteiger partial charge in [-0.3, -0.25) is 4.79 Å². The van der Waals surface area contributed by atoms with Crippen molar-refractivity contribution < 1.29 is 4.79 Å². The zero-order valence-corrected chi connectivity index (χ0v) is 13.3. The Balaban J connectivity index is 1.90. The Morgan fingerprint density at radius 2 is 1.95 bits per heavy atom. The molecular formula is C15H12BrClOS. The lowest BCUT2D eigenvalue weighted by molar-refractivity contribution is -0.116. The van der Waals surface area contributed by atoms with Gasteiger partial charge in [0.25, 0.3) is 0 Å². The molecule has 0 aliphatic heterocycles. The number of carbonyl (C=O) groups is 1. The molecule has 0 aromatic heterocycles. The monoisotopic (exact) mass is 354 g/mol. The summed E-state index contributed by atoms with van der Waals surface area (Å²) in [6, 6.07) is 15.4. The molecule has 4 heteroatoms. The third-order valence-electron chi connectivity index (χ3n) is 2.52. The zero-order chi connectivity index (χ0) is 13.7. The maximum atomic E-state index is 11.9. The molecule has 0 aliphatic rings. The Morgan fingerprint density at radius 1 is 1.16 bits per heavy atom. The van der Waals surface area contributed by atoms with Crippen molar-refractivity contribution in [1.82, 2.24) is 0 Å². The molecular weight excluding hydrogens is 344 g/mol. The molecule has 0 aliphatic carbocycles. The fourth-order valence-electron chi connectivity index (χ4n) is 1.65. The first-order valence-corrected chi connectivity index (χ1v) is 7.94. The Kier molecular flexibility index (Phi) is 5.49. The van der Waals surface area contributed by atoms with Gasteiger partial charge in [-0.15, -0.1) is 11.8 Å². The molecule has 2 rings (SSSR count). The largest absolute Gasteiger partial charge is 0.298 e. The van der Waals surface area contributed by atoms with Gasteiger partial charge in [0.05, 0.1) is 10.8 Å². The van der Waals surface area contributed by atoms with E-state index < -0.39 is 0 Å². The number of benzene rings is 2. The predicted octanol–water partition coefficient (Wildman–Crippen LogP) is 5.01. The van der Waals surface area contributed by atoms with Gasteiger partial charge < -0.3 is 0 Å². The summed E-state index contributed by atoms with van der Waals surface area (Å²) in [5, 5.41) is 0.697. The highest BCUT2D eigenvalue weighted by atomic mass is 79.9. The second-order valence-corrected chi connectivity index (χ2v) is 6.40. The molecule has 0 saturated heterocycles. The Bertz CT molecular complexity index is 586. The molecule has 98 valence electrons. The molecule has 0 atom stereocenters. The number of hydrogen-bond donors (Lipinski definition) is 0. The second kappa shape index (κ2) is 7.13. The maximum Gasteiger partial charge on any atom is 0.147 e. The molecule has 0 fully saturated rings. The molecule has 0 saturated carbocycles. The predicted molar refractivity (Wildman–Crippen MR) is 85.0 cm³/mol. The average molecular weight is 356 g/mol. The average Bonchev–Trinajstić information content (AvgIpc) is 2.38. The summed E-state index contributed by atoms with van der Waals surface area (Å²) in [5.74, 6) is 0.638. The zero-order valence-electron chi connectivity index (χ0n) is 10.1. The smallest absolute Gasteiger partial charge is 0.147 e. The van der Waals surface area contributed by atoms with Crippen LogP contribution in [0.3, 0.4) is 0 Å². The number of hydrogen-bond acceptors (Lipinski definition) is 2. The van der Waals surface area contributed by atoms with Gasteiger partial charge in [0, 0.05) is 15.8 Å². The Hall–Kier alpha value is -0.770. The van der Waals surface area contributed by atoms with E-state index in [-0.39, 0.29) is 5.78 Å². The molecule has 0 unspecified atom stereocenters. The Morgan fingerprint density at radius 3 is 2.68 bits per heavy atom. The molecule has 2 aromatic carbocycles. The van der Waals surface area contributed by atoms with E-state index in [9.17, 15) is 4.79 Å². The number of carbonyl (C=O) groups excluding carboxylic acids is 1. The molecule has 0 bridgehead atoms. The van der Waals surface area contributed by atoms with Crippen LogP contribution < -0.4 is 0 Å². The lowest BCUT2D eigenvalue weighted by Crippen LogP contribution is -2.05. The number of rotatable bonds is 5. The topological polar surface area (TPSA) is 17.1 Å². The van der Waals surface area contributed by atoms with Crippen LogP contribution in [0.5, 0.6) is 0 Å². The molecule has 0 spiro atoms. The van der Waals surface area contributed by atoms with E-state index in [1.54, 1.807) is 0 Å². The summed E-state index contributed by atoms with van der Waals surface area (Å²) in [6.45, 7) is 0. The lowest BCUT2D eigenvalue weighted by Gasteiger charge is -2.04. The minimum absolute atomic E-state index is 0.197. The van der Waals surface area contributed by atoms with Crippen molar-refractivity contribution in [2.24, 2.45) is 0 Å². The highest BCUT2D eigenvalue weighted by molar-refractivity contribution is 9.10. The fourth-order valence-corrected chi connectivity index (χ4v) is 3.19. The third-order valence-corrected chi connectivity index (χ3v) is 4.58. The Labute approximate surface area is 130 Å². The molecule has 0 N–H and O–H groups in total. The highest BCUT2D eigenvalue weighted by Crippen LogP contribution is 2.26. The first-order chi connectivity index (χ1) is 9.15. The van der Waals surface area contributed by atoms with Crippen molar-refractivity contribution >= 4 is 45.1 Å².